The van der Waals surface area contributed by atoms with Gasteiger partial charge in [-0.25, -0.2) is 4.79 Å². The van der Waals surface area contributed by atoms with E-state index in [0.29, 0.717) is 43.5 Å². The number of nitrogens with zero attached hydrogens (tertiary/aromatic N) is 1. The van der Waals surface area contributed by atoms with Gasteiger partial charge in [0.15, 0.2) is 0 Å². The normalized spacial score (nSPS) is 17.6. The second kappa shape index (κ2) is 8.44. The Hall–Kier alpha value is -2.86. The lowest BCUT2D eigenvalue weighted by atomic mass is 10.0. The molecule has 1 aliphatic heterocycles. The average molecular weight is 379 g/mol. The summed E-state index contributed by atoms with van der Waals surface area (Å²) >= 11 is 0. The van der Waals surface area contributed by atoms with E-state index in [4.69, 9.17) is 4.74 Å². The number of morpholine rings is 1. The van der Waals surface area contributed by atoms with Gasteiger partial charge in [0, 0.05) is 13.1 Å². The van der Waals surface area contributed by atoms with Crippen LogP contribution in [0.2, 0.25) is 0 Å². The van der Waals surface area contributed by atoms with Gasteiger partial charge in [0.25, 0.3) is 5.91 Å². The first-order chi connectivity index (χ1) is 13.7. The molecule has 0 spiro atoms. The molecule has 28 heavy (non-hydrogen) atoms. The summed E-state index contributed by atoms with van der Waals surface area (Å²) in [5, 5.41) is 5.98. The van der Waals surface area contributed by atoms with Crippen LogP contribution in [0, 0.1) is 5.92 Å². The lowest BCUT2D eigenvalue weighted by Crippen LogP contribution is -2.41. The highest BCUT2D eigenvalue weighted by atomic mass is 16.5. The quantitative estimate of drug-likeness (QED) is 0.836. The molecule has 1 heterocycles. The van der Waals surface area contributed by atoms with Gasteiger partial charge < -0.3 is 20.3 Å². The molecule has 2 aromatic rings. The molecule has 6 nitrogen and oxygen atoms in total. The van der Waals surface area contributed by atoms with Crippen molar-refractivity contribution >= 4 is 17.6 Å². The van der Waals surface area contributed by atoms with Crippen LogP contribution in [-0.4, -0.2) is 43.1 Å². The minimum Gasteiger partial charge on any atom is -0.378 e. The summed E-state index contributed by atoms with van der Waals surface area (Å²) in [5.74, 6) is 0.388. The highest BCUT2D eigenvalue weighted by Crippen LogP contribution is 2.41. The minimum atomic E-state index is -0.289. The monoisotopic (exact) mass is 379 g/mol. The molecule has 4 rings (SSSR count). The summed E-state index contributed by atoms with van der Waals surface area (Å²) in [7, 11) is 0. The van der Waals surface area contributed by atoms with Crippen molar-refractivity contribution in [2.45, 2.75) is 18.9 Å². The molecule has 0 aromatic heterocycles. The van der Waals surface area contributed by atoms with Crippen molar-refractivity contribution in [3.63, 3.8) is 0 Å². The fraction of sp³-hybridized carbons (Fsp3) is 0.364. The first-order valence-electron chi connectivity index (χ1n) is 9.81. The third-order valence-corrected chi connectivity index (χ3v) is 5.24. The van der Waals surface area contributed by atoms with Crippen LogP contribution >= 0.6 is 0 Å². The van der Waals surface area contributed by atoms with E-state index in [1.54, 1.807) is 17.0 Å². The van der Waals surface area contributed by atoms with E-state index in [1.807, 2.05) is 42.5 Å². The van der Waals surface area contributed by atoms with Gasteiger partial charge >= 0.3 is 6.03 Å². The Bertz CT molecular complexity index is 830. The number of rotatable bonds is 5. The number of hydrogen-bond donors (Lipinski definition) is 2. The molecule has 146 valence electrons. The number of hydrogen-bond acceptors (Lipinski definition) is 3. The highest BCUT2D eigenvalue weighted by Gasteiger charge is 2.33. The molecule has 2 aromatic carbocycles. The number of ether oxygens (including phenoxy) is 1. The predicted molar refractivity (Wildman–Crippen MR) is 107 cm³/mol. The summed E-state index contributed by atoms with van der Waals surface area (Å²) < 4.78 is 5.32. The maximum absolute atomic E-state index is 12.9. The zero-order chi connectivity index (χ0) is 19.3. The molecule has 1 atom stereocenters. The SMILES string of the molecule is O=C(Nc1ccccc1C(=O)N1CCOCC1)N[C@@H](c1ccccc1)C1CC1. The Morgan fingerprint density at radius 2 is 1.64 bits per heavy atom. The topological polar surface area (TPSA) is 70.7 Å². The maximum atomic E-state index is 12.9. The first-order valence-corrected chi connectivity index (χ1v) is 9.81. The summed E-state index contributed by atoms with van der Waals surface area (Å²) in [6.45, 7) is 2.22. The van der Waals surface area contributed by atoms with Crippen LogP contribution in [0.15, 0.2) is 54.6 Å². The molecule has 0 bridgehead atoms. The number of benzene rings is 2. The third kappa shape index (κ3) is 4.34. The molecule has 0 radical (unpaired) electrons. The van der Waals surface area contributed by atoms with E-state index < -0.39 is 0 Å². The fourth-order valence-corrected chi connectivity index (χ4v) is 3.58. The van der Waals surface area contributed by atoms with Crippen LogP contribution in [0.3, 0.4) is 0 Å². The number of nitrogens with one attached hydrogen (secondary N) is 2. The molecular formula is C22H25N3O3. The Labute approximate surface area is 164 Å². The Morgan fingerprint density at radius 3 is 2.36 bits per heavy atom. The number of para-hydroxylation sites is 1. The van der Waals surface area contributed by atoms with Crippen LogP contribution in [0.4, 0.5) is 10.5 Å². The number of anilines is 1. The van der Waals surface area contributed by atoms with Gasteiger partial charge in [-0.1, -0.05) is 42.5 Å². The van der Waals surface area contributed by atoms with Crippen LogP contribution in [-0.2, 0) is 4.74 Å². The van der Waals surface area contributed by atoms with Crippen molar-refractivity contribution in [2.75, 3.05) is 31.6 Å². The standard InChI is InChI=1S/C22H25N3O3/c26-21(25-12-14-28-15-13-25)18-8-4-5-9-19(18)23-22(27)24-20(17-10-11-17)16-6-2-1-3-7-16/h1-9,17,20H,10-15H2,(H2,23,24,27)/t20-/m0/s1. The van der Waals surface area contributed by atoms with Crippen molar-refractivity contribution in [1.29, 1.82) is 0 Å². The fourth-order valence-electron chi connectivity index (χ4n) is 3.58. The smallest absolute Gasteiger partial charge is 0.319 e. The predicted octanol–water partition coefficient (Wildman–Crippen LogP) is 3.43. The Kier molecular flexibility index (Phi) is 5.58. The van der Waals surface area contributed by atoms with E-state index in [-0.39, 0.29) is 18.0 Å². The van der Waals surface area contributed by atoms with Gasteiger partial charge in [-0.15, -0.1) is 0 Å². The van der Waals surface area contributed by atoms with Gasteiger partial charge in [0.2, 0.25) is 0 Å². The summed E-state index contributed by atoms with van der Waals surface area (Å²) in [4.78, 5) is 27.3. The minimum absolute atomic E-state index is 0.0108. The van der Waals surface area contributed by atoms with Crippen molar-refractivity contribution in [3.8, 4) is 0 Å². The number of carbonyl (C=O) groups excluding carboxylic acids is 2. The van der Waals surface area contributed by atoms with Crippen molar-refractivity contribution in [2.24, 2.45) is 5.92 Å². The molecule has 6 heteroatoms. The van der Waals surface area contributed by atoms with Gasteiger partial charge in [-0.3, -0.25) is 4.79 Å². The van der Waals surface area contributed by atoms with Crippen molar-refractivity contribution in [1.82, 2.24) is 10.2 Å². The van der Waals surface area contributed by atoms with Crippen LogP contribution < -0.4 is 10.6 Å². The summed E-state index contributed by atoms with van der Waals surface area (Å²) in [6.07, 6.45) is 2.23. The molecular weight excluding hydrogens is 354 g/mol. The van der Waals surface area contributed by atoms with Crippen LogP contribution in [0.25, 0.3) is 0 Å². The number of amides is 3. The van der Waals surface area contributed by atoms with Crippen molar-refractivity contribution < 1.29 is 14.3 Å². The van der Waals surface area contributed by atoms with Gasteiger partial charge in [-0.2, -0.15) is 0 Å². The van der Waals surface area contributed by atoms with Crippen LogP contribution in [0.1, 0.15) is 34.8 Å². The highest BCUT2D eigenvalue weighted by molar-refractivity contribution is 6.03. The van der Waals surface area contributed by atoms with Crippen molar-refractivity contribution in [3.05, 3.63) is 65.7 Å². The van der Waals surface area contributed by atoms with E-state index in [1.165, 1.54) is 0 Å². The second-order valence-electron chi connectivity index (χ2n) is 7.27. The van der Waals surface area contributed by atoms with E-state index in [9.17, 15) is 9.59 Å². The van der Waals surface area contributed by atoms with Gasteiger partial charge in [0.05, 0.1) is 30.5 Å². The molecule has 1 saturated heterocycles. The van der Waals surface area contributed by atoms with E-state index in [0.717, 1.165) is 18.4 Å². The molecule has 2 aliphatic rings. The Morgan fingerprint density at radius 1 is 0.964 bits per heavy atom. The van der Waals surface area contributed by atoms with Gasteiger partial charge in [-0.05, 0) is 36.5 Å². The molecule has 0 unspecified atom stereocenters. The summed E-state index contributed by atoms with van der Waals surface area (Å²) in [5.41, 5.74) is 2.14. The maximum Gasteiger partial charge on any atom is 0.319 e. The first kappa shape index (κ1) is 18.5. The zero-order valence-electron chi connectivity index (χ0n) is 15.8. The second-order valence-corrected chi connectivity index (χ2v) is 7.27. The lowest BCUT2D eigenvalue weighted by molar-refractivity contribution is 0.0303. The zero-order valence-corrected chi connectivity index (χ0v) is 15.8. The molecule has 3 amide bonds. The largest absolute Gasteiger partial charge is 0.378 e. The average Bonchev–Trinajstić information content (AvgIpc) is 3.58. The molecule has 2 N–H and O–H groups in total. The van der Waals surface area contributed by atoms with E-state index in [2.05, 4.69) is 10.6 Å². The number of urea groups is 1. The molecule has 1 saturated carbocycles. The lowest BCUT2D eigenvalue weighted by Gasteiger charge is -2.27. The number of carbonyl (C=O) groups is 2. The third-order valence-electron chi connectivity index (χ3n) is 5.24. The van der Waals surface area contributed by atoms with Gasteiger partial charge in [0.1, 0.15) is 0 Å². The molecule has 1 aliphatic carbocycles. The van der Waals surface area contributed by atoms with Crippen LogP contribution in [0.5, 0.6) is 0 Å². The summed E-state index contributed by atoms with van der Waals surface area (Å²) in [6, 6.07) is 16.9. The molecule has 2 fully saturated rings. The van der Waals surface area contributed by atoms with E-state index >= 15 is 0 Å². The Balaban J connectivity index is 1.46.